The topological polar surface area (TPSA) is 93.9 Å². The Kier molecular flexibility index (Phi) is 3.55. The van der Waals surface area contributed by atoms with E-state index in [0.29, 0.717) is 47.3 Å². The summed E-state index contributed by atoms with van der Waals surface area (Å²) in [6.07, 6.45) is 0. The number of nitrogens with zero attached hydrogens (tertiary/aromatic N) is 2. The van der Waals surface area contributed by atoms with E-state index >= 15 is 0 Å². The predicted octanol–water partition coefficient (Wildman–Crippen LogP) is 2.57. The van der Waals surface area contributed by atoms with E-state index in [1.54, 1.807) is 31.2 Å². The van der Waals surface area contributed by atoms with Gasteiger partial charge in [0.15, 0.2) is 17.1 Å². The second-order valence-corrected chi connectivity index (χ2v) is 6.88. The van der Waals surface area contributed by atoms with Crippen LogP contribution in [0.3, 0.4) is 0 Å². The second kappa shape index (κ2) is 5.98. The molecular formula is C20H17N3O5. The number of rotatable bonds is 3. The predicted molar refractivity (Wildman–Crippen MR) is 97.9 cm³/mol. The van der Waals surface area contributed by atoms with E-state index in [0.717, 1.165) is 4.90 Å². The number of carbonyl (C=O) groups is 2. The molecule has 8 nitrogen and oxygen atoms in total. The fourth-order valence-corrected chi connectivity index (χ4v) is 3.51. The van der Waals surface area contributed by atoms with Crippen LogP contribution in [0.25, 0.3) is 11.1 Å². The smallest absolute Gasteiger partial charge is 0.325 e. The van der Waals surface area contributed by atoms with Crippen LogP contribution in [0.15, 0.2) is 46.9 Å². The first kappa shape index (κ1) is 16.6. The maximum atomic E-state index is 13.1. The molecule has 0 saturated carbocycles. The van der Waals surface area contributed by atoms with E-state index < -0.39 is 11.6 Å². The van der Waals surface area contributed by atoms with Crippen molar-refractivity contribution in [1.29, 1.82) is 0 Å². The van der Waals surface area contributed by atoms with Gasteiger partial charge in [0.25, 0.3) is 5.91 Å². The monoisotopic (exact) mass is 379 g/mol. The van der Waals surface area contributed by atoms with Crippen molar-refractivity contribution in [3.63, 3.8) is 0 Å². The fourth-order valence-electron chi connectivity index (χ4n) is 3.51. The summed E-state index contributed by atoms with van der Waals surface area (Å²) in [7, 11) is 0. The molecule has 2 aliphatic heterocycles. The first-order valence-electron chi connectivity index (χ1n) is 8.93. The van der Waals surface area contributed by atoms with Crippen LogP contribution in [0.1, 0.15) is 18.4 Å². The van der Waals surface area contributed by atoms with Gasteiger partial charge in [-0.15, -0.1) is 0 Å². The Balaban J connectivity index is 1.44. The van der Waals surface area contributed by atoms with E-state index in [9.17, 15) is 9.59 Å². The van der Waals surface area contributed by atoms with Crippen molar-refractivity contribution in [2.45, 2.75) is 19.0 Å². The molecule has 0 bridgehead atoms. The summed E-state index contributed by atoms with van der Waals surface area (Å²) in [5.74, 6) is 1.11. The lowest BCUT2D eigenvalue weighted by Crippen LogP contribution is -2.41. The standard InChI is InChI=1S/C20H17N3O5/c1-20(12-6-7-15-16(10-12)27-9-8-26-15)18(24)23(19(25)22-20)11-17-21-13-4-2-3-5-14(13)28-17/h2-7,10H,8-9,11H2,1H3,(H,22,25). The van der Waals surface area contributed by atoms with Crippen LogP contribution in [0, 0.1) is 0 Å². The van der Waals surface area contributed by atoms with Gasteiger partial charge in [-0.3, -0.25) is 9.69 Å². The number of benzene rings is 2. The highest BCUT2D eigenvalue weighted by Gasteiger charge is 2.49. The zero-order chi connectivity index (χ0) is 19.3. The number of aromatic nitrogens is 1. The minimum atomic E-state index is -1.21. The molecule has 142 valence electrons. The van der Waals surface area contributed by atoms with E-state index in [-0.39, 0.29) is 12.5 Å². The molecule has 1 saturated heterocycles. The second-order valence-electron chi connectivity index (χ2n) is 6.88. The number of nitrogens with one attached hydrogen (secondary N) is 1. The molecule has 8 heteroatoms. The molecule has 2 aromatic carbocycles. The summed E-state index contributed by atoms with van der Waals surface area (Å²) in [6, 6.07) is 12.0. The Morgan fingerprint density at radius 2 is 1.89 bits per heavy atom. The Hall–Kier alpha value is -3.55. The summed E-state index contributed by atoms with van der Waals surface area (Å²) in [6.45, 7) is 2.55. The summed E-state index contributed by atoms with van der Waals surface area (Å²) >= 11 is 0. The number of imide groups is 1. The molecule has 0 aliphatic carbocycles. The number of urea groups is 1. The minimum Gasteiger partial charge on any atom is -0.486 e. The molecular weight excluding hydrogens is 362 g/mol. The van der Waals surface area contributed by atoms with Crippen molar-refractivity contribution in [2.24, 2.45) is 0 Å². The van der Waals surface area contributed by atoms with Crippen LogP contribution in [0.4, 0.5) is 4.79 Å². The van der Waals surface area contributed by atoms with Crippen LogP contribution >= 0.6 is 0 Å². The summed E-state index contributed by atoms with van der Waals surface area (Å²) in [5, 5.41) is 2.78. The van der Waals surface area contributed by atoms with E-state index in [4.69, 9.17) is 13.9 Å². The van der Waals surface area contributed by atoms with E-state index in [1.165, 1.54) is 0 Å². The quantitative estimate of drug-likeness (QED) is 0.703. The lowest BCUT2D eigenvalue weighted by Gasteiger charge is -2.25. The molecule has 1 atom stereocenters. The summed E-state index contributed by atoms with van der Waals surface area (Å²) < 4.78 is 16.8. The Morgan fingerprint density at radius 1 is 1.11 bits per heavy atom. The summed E-state index contributed by atoms with van der Waals surface area (Å²) in [4.78, 5) is 31.1. The molecule has 2 aliphatic rings. The van der Waals surface area contributed by atoms with Crippen molar-refractivity contribution in [3.05, 3.63) is 53.9 Å². The molecule has 1 aromatic heterocycles. The lowest BCUT2D eigenvalue weighted by atomic mass is 9.91. The van der Waals surface area contributed by atoms with Crippen LogP contribution in [-0.2, 0) is 16.9 Å². The number of fused-ring (bicyclic) bond motifs is 2. The normalized spacial score (nSPS) is 21.2. The van der Waals surface area contributed by atoms with Crippen molar-refractivity contribution < 1.29 is 23.5 Å². The third kappa shape index (κ3) is 2.49. The van der Waals surface area contributed by atoms with Crippen LogP contribution in [0.2, 0.25) is 0 Å². The first-order valence-corrected chi connectivity index (χ1v) is 8.93. The molecule has 28 heavy (non-hydrogen) atoms. The van der Waals surface area contributed by atoms with Gasteiger partial charge in [-0.2, -0.15) is 0 Å². The number of para-hydroxylation sites is 2. The molecule has 1 fully saturated rings. The van der Waals surface area contributed by atoms with Gasteiger partial charge in [0.1, 0.15) is 30.8 Å². The average Bonchev–Trinajstić information content (AvgIpc) is 3.22. The van der Waals surface area contributed by atoms with Crippen molar-refractivity contribution in [1.82, 2.24) is 15.2 Å². The molecule has 3 amide bonds. The maximum Gasteiger partial charge on any atom is 0.325 e. The van der Waals surface area contributed by atoms with Gasteiger partial charge in [0.05, 0.1) is 0 Å². The molecule has 0 spiro atoms. The minimum absolute atomic E-state index is 0.0422. The molecule has 3 heterocycles. The largest absolute Gasteiger partial charge is 0.486 e. The van der Waals surface area contributed by atoms with Gasteiger partial charge in [-0.25, -0.2) is 9.78 Å². The molecule has 3 aromatic rings. The van der Waals surface area contributed by atoms with Crippen molar-refractivity contribution in [2.75, 3.05) is 13.2 Å². The summed E-state index contributed by atoms with van der Waals surface area (Å²) in [5.41, 5.74) is 0.701. The maximum absolute atomic E-state index is 13.1. The fraction of sp³-hybridized carbons (Fsp3) is 0.250. The highest BCUT2D eigenvalue weighted by Crippen LogP contribution is 2.37. The number of ether oxygens (including phenoxy) is 2. The Morgan fingerprint density at radius 3 is 2.71 bits per heavy atom. The third-order valence-corrected chi connectivity index (χ3v) is 5.03. The number of oxazole rings is 1. The van der Waals surface area contributed by atoms with Crippen LogP contribution < -0.4 is 14.8 Å². The SMILES string of the molecule is CC1(c2ccc3c(c2)OCCO3)NC(=O)N(Cc2nc3ccccc3o2)C1=O. The van der Waals surface area contributed by atoms with Gasteiger partial charge in [0.2, 0.25) is 5.89 Å². The molecule has 1 unspecified atom stereocenters. The van der Waals surface area contributed by atoms with Crippen molar-refractivity contribution >= 4 is 23.0 Å². The number of hydrogen-bond donors (Lipinski definition) is 1. The Bertz CT molecular complexity index is 1080. The number of carbonyl (C=O) groups excluding carboxylic acids is 2. The van der Waals surface area contributed by atoms with Crippen LogP contribution in [-0.4, -0.2) is 35.0 Å². The zero-order valence-corrected chi connectivity index (χ0v) is 15.1. The lowest BCUT2D eigenvalue weighted by molar-refractivity contribution is -0.131. The van der Waals surface area contributed by atoms with Crippen LogP contribution in [0.5, 0.6) is 11.5 Å². The molecule has 0 radical (unpaired) electrons. The highest BCUT2D eigenvalue weighted by atomic mass is 16.6. The number of hydrogen-bond acceptors (Lipinski definition) is 6. The molecule has 5 rings (SSSR count). The first-order chi connectivity index (χ1) is 13.5. The third-order valence-electron chi connectivity index (χ3n) is 5.03. The van der Waals surface area contributed by atoms with Gasteiger partial charge >= 0.3 is 6.03 Å². The van der Waals surface area contributed by atoms with Gasteiger partial charge in [-0.1, -0.05) is 18.2 Å². The van der Waals surface area contributed by atoms with Gasteiger partial charge in [-0.05, 0) is 36.8 Å². The average molecular weight is 379 g/mol. The molecule has 1 N–H and O–H groups in total. The van der Waals surface area contributed by atoms with E-state index in [2.05, 4.69) is 10.3 Å². The zero-order valence-electron chi connectivity index (χ0n) is 15.1. The number of amides is 3. The van der Waals surface area contributed by atoms with Gasteiger partial charge in [0, 0.05) is 0 Å². The highest BCUT2D eigenvalue weighted by molar-refractivity contribution is 6.07. The van der Waals surface area contributed by atoms with Gasteiger partial charge < -0.3 is 19.2 Å². The Labute approximate surface area is 160 Å². The van der Waals surface area contributed by atoms with Crippen molar-refractivity contribution in [3.8, 4) is 11.5 Å². The van der Waals surface area contributed by atoms with E-state index in [1.807, 2.05) is 18.2 Å².